The van der Waals surface area contributed by atoms with Gasteiger partial charge in [0, 0.05) is 5.38 Å². The summed E-state index contributed by atoms with van der Waals surface area (Å²) < 4.78 is 6.65. The molecule has 1 aromatic carbocycles. The maximum atomic E-state index is 5.63. The van der Waals surface area contributed by atoms with Crippen molar-refractivity contribution in [1.29, 1.82) is 0 Å². The topological polar surface area (TPSA) is 82.6 Å². The quantitative estimate of drug-likeness (QED) is 0.442. The highest BCUT2D eigenvalue weighted by Gasteiger charge is 2.18. The van der Waals surface area contributed by atoms with E-state index in [4.69, 9.17) is 27.5 Å². The Kier molecular flexibility index (Phi) is 4.27. The molecule has 2 aromatic heterocycles. The Balaban J connectivity index is 1.86. The Labute approximate surface area is 139 Å². The van der Waals surface area contributed by atoms with Gasteiger partial charge in [-0.1, -0.05) is 28.6 Å². The number of oxime groups is 1. The number of para-hydroxylation sites is 1. The molecule has 22 heavy (non-hydrogen) atoms. The first kappa shape index (κ1) is 14.8. The molecule has 0 aliphatic rings. The molecule has 0 atom stereocenters. The van der Waals surface area contributed by atoms with Crippen LogP contribution in [0.5, 0.6) is 5.19 Å². The van der Waals surface area contributed by atoms with E-state index in [0.29, 0.717) is 21.7 Å². The number of aromatic nitrogens is 2. The molecule has 0 radical (unpaired) electrons. The molecular formula is C13H10N4O2S3. The summed E-state index contributed by atoms with van der Waals surface area (Å²) in [5.74, 6) is 0. The number of nitrogen functional groups attached to an aromatic ring is 1. The second-order valence-corrected chi connectivity index (χ2v) is 6.28. The number of benzene rings is 1. The normalized spacial score (nSPS) is 11.6. The first-order valence-electron chi connectivity index (χ1n) is 6.07. The molecule has 0 fully saturated rings. The Bertz CT molecular complexity index is 823. The van der Waals surface area contributed by atoms with Gasteiger partial charge in [0.25, 0.3) is 5.19 Å². The average molecular weight is 350 g/mol. The van der Waals surface area contributed by atoms with E-state index in [1.807, 2.05) is 24.3 Å². The van der Waals surface area contributed by atoms with Crippen molar-refractivity contribution in [1.82, 2.24) is 9.97 Å². The Morgan fingerprint density at radius 1 is 1.32 bits per heavy atom. The molecule has 3 aromatic rings. The molecular weight excluding hydrogens is 340 g/mol. The van der Waals surface area contributed by atoms with E-state index in [2.05, 4.69) is 15.1 Å². The fraction of sp³-hybridized carbons (Fsp3) is 0.0769. The Morgan fingerprint density at radius 2 is 2.14 bits per heavy atom. The third kappa shape index (κ3) is 3.06. The standard InChI is InChI=1S/C13H10N4O2S3/c1-18-17-10(8-6-21-12(14)15-8)11(20)19-13-16-7-4-2-3-5-9(7)22-13/h2-6H,1H3,(H2,14,15)/b17-10-. The monoisotopic (exact) mass is 350 g/mol. The van der Waals surface area contributed by atoms with E-state index < -0.39 is 0 Å². The number of hydrogen-bond donors (Lipinski definition) is 1. The minimum atomic E-state index is 0.131. The van der Waals surface area contributed by atoms with Gasteiger partial charge in [0.2, 0.25) is 5.05 Å². The van der Waals surface area contributed by atoms with Crippen LogP contribution in [-0.4, -0.2) is 27.8 Å². The molecule has 3 rings (SSSR count). The zero-order chi connectivity index (χ0) is 15.5. The maximum Gasteiger partial charge on any atom is 0.280 e. The van der Waals surface area contributed by atoms with E-state index in [-0.39, 0.29) is 5.05 Å². The summed E-state index contributed by atoms with van der Waals surface area (Å²) >= 11 is 7.97. The van der Waals surface area contributed by atoms with Gasteiger partial charge in [0.15, 0.2) is 10.8 Å². The number of nitrogens with zero attached hydrogens (tertiary/aromatic N) is 3. The fourth-order valence-corrected chi connectivity index (χ4v) is 3.34. The molecule has 0 amide bonds. The Morgan fingerprint density at radius 3 is 2.82 bits per heavy atom. The van der Waals surface area contributed by atoms with E-state index in [1.54, 1.807) is 5.38 Å². The molecule has 0 saturated heterocycles. The van der Waals surface area contributed by atoms with Crippen LogP contribution in [0.25, 0.3) is 10.2 Å². The van der Waals surface area contributed by atoms with Crippen LogP contribution < -0.4 is 10.5 Å². The number of thiazole rings is 2. The van der Waals surface area contributed by atoms with Crippen LogP contribution in [0.15, 0.2) is 34.8 Å². The number of thiocarbonyl (C=S) groups is 1. The van der Waals surface area contributed by atoms with Crippen molar-refractivity contribution in [2.45, 2.75) is 0 Å². The molecule has 9 heteroatoms. The smallest absolute Gasteiger partial charge is 0.280 e. The predicted octanol–water partition coefficient (Wildman–Crippen LogP) is 3.09. The van der Waals surface area contributed by atoms with Crippen LogP contribution in [0.2, 0.25) is 0 Å². The van der Waals surface area contributed by atoms with Crippen LogP contribution in [-0.2, 0) is 4.84 Å². The highest BCUT2D eigenvalue weighted by Crippen LogP contribution is 2.28. The maximum absolute atomic E-state index is 5.63. The van der Waals surface area contributed by atoms with Crippen molar-refractivity contribution in [3.63, 3.8) is 0 Å². The van der Waals surface area contributed by atoms with Crippen molar-refractivity contribution in [3.05, 3.63) is 35.3 Å². The van der Waals surface area contributed by atoms with Crippen LogP contribution in [0.4, 0.5) is 5.13 Å². The van der Waals surface area contributed by atoms with Crippen molar-refractivity contribution in [2.24, 2.45) is 5.16 Å². The molecule has 112 valence electrons. The SMILES string of the molecule is CO/N=C(\C(=S)Oc1nc2ccccc2s1)c1csc(N)n1. The van der Waals surface area contributed by atoms with Gasteiger partial charge >= 0.3 is 0 Å². The second kappa shape index (κ2) is 6.34. The first-order valence-corrected chi connectivity index (χ1v) is 8.18. The first-order chi connectivity index (χ1) is 10.7. The zero-order valence-electron chi connectivity index (χ0n) is 11.3. The lowest BCUT2D eigenvalue weighted by atomic mass is 10.3. The summed E-state index contributed by atoms with van der Waals surface area (Å²) in [6, 6.07) is 7.74. The van der Waals surface area contributed by atoms with Gasteiger partial charge in [-0.3, -0.25) is 0 Å². The van der Waals surface area contributed by atoms with Crippen molar-refractivity contribution >= 4 is 61.0 Å². The molecule has 2 heterocycles. The van der Waals surface area contributed by atoms with Gasteiger partial charge in [-0.15, -0.1) is 11.3 Å². The number of anilines is 1. The largest absolute Gasteiger partial charge is 0.416 e. The van der Waals surface area contributed by atoms with Crippen molar-refractivity contribution in [3.8, 4) is 5.19 Å². The fourth-order valence-electron chi connectivity index (χ4n) is 1.70. The molecule has 0 spiro atoms. The predicted molar refractivity (Wildman–Crippen MR) is 92.9 cm³/mol. The lowest BCUT2D eigenvalue weighted by molar-refractivity contribution is 0.214. The third-order valence-electron chi connectivity index (χ3n) is 2.59. The number of rotatable bonds is 4. The van der Waals surface area contributed by atoms with Crippen molar-refractivity contribution in [2.75, 3.05) is 12.8 Å². The van der Waals surface area contributed by atoms with Gasteiger partial charge < -0.3 is 15.3 Å². The zero-order valence-corrected chi connectivity index (χ0v) is 13.8. The summed E-state index contributed by atoms with van der Waals surface area (Å²) in [6.45, 7) is 0. The van der Waals surface area contributed by atoms with Crippen molar-refractivity contribution < 1.29 is 9.57 Å². The van der Waals surface area contributed by atoms with Crippen LogP contribution in [0.1, 0.15) is 5.69 Å². The van der Waals surface area contributed by atoms with E-state index >= 15 is 0 Å². The van der Waals surface area contributed by atoms with Crippen LogP contribution in [0, 0.1) is 0 Å². The number of fused-ring (bicyclic) bond motifs is 1. The lowest BCUT2D eigenvalue weighted by Gasteiger charge is -2.04. The molecule has 0 aliphatic carbocycles. The van der Waals surface area contributed by atoms with Crippen LogP contribution >= 0.6 is 34.9 Å². The molecule has 6 nitrogen and oxygen atoms in total. The number of nitrogens with two attached hydrogens (primary N) is 1. The minimum absolute atomic E-state index is 0.131. The number of ether oxygens (including phenoxy) is 1. The van der Waals surface area contributed by atoms with Gasteiger partial charge in [0.05, 0.1) is 10.2 Å². The van der Waals surface area contributed by atoms with Gasteiger partial charge in [-0.25, -0.2) is 9.97 Å². The van der Waals surface area contributed by atoms with Gasteiger partial charge in [-0.2, -0.15) is 0 Å². The summed E-state index contributed by atoms with van der Waals surface area (Å²) in [5.41, 5.74) is 7.31. The summed E-state index contributed by atoms with van der Waals surface area (Å²) in [5, 5.41) is 6.60. The molecule has 0 bridgehead atoms. The lowest BCUT2D eigenvalue weighted by Crippen LogP contribution is -2.20. The summed E-state index contributed by atoms with van der Waals surface area (Å²) in [7, 11) is 1.43. The van der Waals surface area contributed by atoms with E-state index in [9.17, 15) is 0 Å². The van der Waals surface area contributed by atoms with E-state index in [1.165, 1.54) is 29.8 Å². The average Bonchev–Trinajstić information content (AvgIpc) is 3.10. The van der Waals surface area contributed by atoms with Crippen LogP contribution in [0.3, 0.4) is 0 Å². The molecule has 0 saturated carbocycles. The molecule has 0 aliphatic heterocycles. The highest BCUT2D eigenvalue weighted by molar-refractivity contribution is 7.81. The Hall–Kier alpha value is -2.10. The molecule has 2 N–H and O–H groups in total. The minimum Gasteiger partial charge on any atom is -0.416 e. The molecule has 0 unspecified atom stereocenters. The summed E-state index contributed by atoms with van der Waals surface area (Å²) in [6.07, 6.45) is 0. The van der Waals surface area contributed by atoms with Gasteiger partial charge in [-0.05, 0) is 24.4 Å². The summed E-state index contributed by atoms with van der Waals surface area (Å²) in [4.78, 5) is 13.3. The second-order valence-electron chi connectivity index (χ2n) is 4.03. The van der Waals surface area contributed by atoms with E-state index in [0.717, 1.165) is 10.2 Å². The van der Waals surface area contributed by atoms with Gasteiger partial charge in [0.1, 0.15) is 12.8 Å². The number of hydrogen-bond acceptors (Lipinski definition) is 9. The highest BCUT2D eigenvalue weighted by atomic mass is 32.1. The third-order valence-corrected chi connectivity index (χ3v) is 4.46.